The van der Waals surface area contributed by atoms with Gasteiger partial charge in [-0.05, 0) is 103 Å². The maximum Gasteiger partial charge on any atom is 1.00 e. The van der Waals surface area contributed by atoms with Crippen LogP contribution in [0.4, 0.5) is 17.1 Å². The van der Waals surface area contributed by atoms with E-state index in [4.69, 9.17) is 14.5 Å². The summed E-state index contributed by atoms with van der Waals surface area (Å²) >= 11 is 1.69. The third-order valence-electron chi connectivity index (χ3n) is 10.1. The topological polar surface area (TPSA) is 149 Å². The molecule has 0 unspecified atom stereocenters. The zero-order valence-electron chi connectivity index (χ0n) is 32.4. The van der Waals surface area contributed by atoms with Crippen LogP contribution >= 0.6 is 11.3 Å². The molecule has 1 aliphatic carbocycles. The second-order valence-electron chi connectivity index (χ2n) is 13.5. The van der Waals surface area contributed by atoms with Gasteiger partial charge in [-0.15, -0.1) is 11.3 Å². The molecule has 7 rings (SSSR count). The van der Waals surface area contributed by atoms with E-state index in [1.807, 2.05) is 54.6 Å². The molecule has 5 aromatic carbocycles. The second kappa shape index (κ2) is 19.1. The molecule has 0 aliphatic heterocycles. The summed E-state index contributed by atoms with van der Waals surface area (Å²) in [6.45, 7) is 4.57. The van der Waals surface area contributed by atoms with Crippen molar-refractivity contribution in [1.82, 2.24) is 4.98 Å². The Kier molecular flexibility index (Phi) is 15.2. The van der Waals surface area contributed by atoms with Crippen LogP contribution < -0.4 is 73.5 Å². The van der Waals surface area contributed by atoms with Crippen molar-refractivity contribution in [2.75, 3.05) is 29.6 Å². The van der Waals surface area contributed by atoms with Gasteiger partial charge in [-0.3, -0.25) is 0 Å². The standard InChI is InChI=1S/C42H42N2O8S3.2Na/c1-3-42(4-2)37-25-29(41-43-39-15-5-6-16-40(39)53-41)17-19-35(37)36-20-18-32(28-38(36)42)44(30-11-7-13-33(26-30)51-21-9-23-54(45,46)47)31-12-8-14-34(27-31)52-22-10-24-55(48,49)50;;/h5-8,11-20,25-28H,3-4,9-10,21-24H2,1-2H3,(H,45,46,47)(H,48,49,50);;/q;2*+1/p-2. The number of benzene rings is 5. The van der Waals surface area contributed by atoms with Gasteiger partial charge in [0.2, 0.25) is 0 Å². The number of ether oxygens (including phenoxy) is 2. The Balaban J connectivity index is 0.00000310. The molecule has 286 valence electrons. The number of hydrogen-bond acceptors (Lipinski definition) is 11. The summed E-state index contributed by atoms with van der Waals surface area (Å²) in [5.74, 6) is -0.0145. The molecule has 0 saturated carbocycles. The number of fused-ring (bicyclic) bond motifs is 4. The van der Waals surface area contributed by atoms with E-state index in [0.29, 0.717) is 11.5 Å². The molecule has 0 spiro atoms. The van der Waals surface area contributed by atoms with Gasteiger partial charge in [0.1, 0.15) is 16.5 Å². The van der Waals surface area contributed by atoms with Gasteiger partial charge in [0.15, 0.2) is 0 Å². The van der Waals surface area contributed by atoms with E-state index in [9.17, 15) is 25.9 Å². The predicted molar refractivity (Wildman–Crippen MR) is 216 cm³/mol. The molecule has 0 radical (unpaired) electrons. The maximum atomic E-state index is 11.1. The minimum Gasteiger partial charge on any atom is -0.748 e. The molecular formula is C42H40N2Na2O8S3. The van der Waals surface area contributed by atoms with Crippen LogP contribution in [0.3, 0.4) is 0 Å². The number of nitrogens with zero attached hydrogens (tertiary/aromatic N) is 2. The zero-order valence-corrected chi connectivity index (χ0v) is 38.9. The molecule has 0 bridgehead atoms. The molecule has 6 aromatic rings. The van der Waals surface area contributed by atoms with Crippen LogP contribution in [0.15, 0.2) is 109 Å². The van der Waals surface area contributed by atoms with Gasteiger partial charge in [0.25, 0.3) is 0 Å². The van der Waals surface area contributed by atoms with Crippen molar-refractivity contribution in [3.63, 3.8) is 0 Å². The number of para-hydroxylation sites is 1. The van der Waals surface area contributed by atoms with Crippen LogP contribution in [0, 0.1) is 0 Å². The molecule has 0 saturated heterocycles. The molecule has 15 heteroatoms. The normalized spacial score (nSPS) is 12.9. The first-order valence-electron chi connectivity index (χ1n) is 18.2. The van der Waals surface area contributed by atoms with Gasteiger partial charge < -0.3 is 23.5 Å². The van der Waals surface area contributed by atoms with Gasteiger partial charge >= 0.3 is 59.1 Å². The average molecular weight is 843 g/mol. The Bertz CT molecular complexity index is 2460. The molecule has 0 N–H and O–H groups in total. The summed E-state index contributed by atoms with van der Waals surface area (Å²) in [4.78, 5) is 7.03. The van der Waals surface area contributed by atoms with Crippen molar-refractivity contribution in [1.29, 1.82) is 0 Å². The van der Waals surface area contributed by atoms with Crippen molar-refractivity contribution >= 4 is 58.9 Å². The van der Waals surface area contributed by atoms with Crippen molar-refractivity contribution < 1.29 is 94.5 Å². The fraction of sp³-hybridized carbons (Fsp3) is 0.262. The van der Waals surface area contributed by atoms with Crippen molar-refractivity contribution in [2.24, 2.45) is 0 Å². The van der Waals surface area contributed by atoms with Crippen molar-refractivity contribution in [2.45, 2.75) is 44.9 Å². The SMILES string of the molecule is CCC1(CC)c2cc(-c3nc4ccccc4s3)ccc2-c2ccc(N(c3cccc(OCCCS(=O)(=O)[O-])c3)c3cccc(OCCCS(=O)(=O)[O-])c3)cc21.[Na+].[Na+]. The van der Waals surface area contributed by atoms with Crippen LogP contribution in [0.2, 0.25) is 0 Å². The minimum atomic E-state index is -4.35. The number of hydrogen-bond donors (Lipinski definition) is 0. The Labute approximate surface area is 382 Å². The van der Waals surface area contributed by atoms with Crippen LogP contribution in [-0.4, -0.2) is 55.6 Å². The molecule has 0 amide bonds. The number of rotatable bonds is 16. The molecule has 1 aliphatic rings. The van der Waals surface area contributed by atoms with E-state index >= 15 is 0 Å². The minimum absolute atomic E-state index is 0. The van der Waals surface area contributed by atoms with Crippen LogP contribution in [0.1, 0.15) is 50.7 Å². The number of thiazole rings is 1. The van der Waals surface area contributed by atoms with E-state index < -0.39 is 31.7 Å². The molecule has 0 atom stereocenters. The third kappa shape index (κ3) is 10.3. The van der Waals surface area contributed by atoms with Gasteiger partial charge in [-0.2, -0.15) is 0 Å². The number of anilines is 3. The summed E-state index contributed by atoms with van der Waals surface area (Å²) in [5.41, 5.74) is 9.09. The summed E-state index contributed by atoms with van der Waals surface area (Å²) < 4.78 is 79.8. The first kappa shape index (κ1) is 45.3. The van der Waals surface area contributed by atoms with Gasteiger partial charge in [0.05, 0.1) is 43.7 Å². The summed E-state index contributed by atoms with van der Waals surface area (Å²) in [7, 11) is -8.70. The second-order valence-corrected chi connectivity index (χ2v) is 17.6. The van der Waals surface area contributed by atoms with Gasteiger partial charge in [0, 0.05) is 51.7 Å². The molecule has 1 heterocycles. The predicted octanol–water partition coefficient (Wildman–Crippen LogP) is 3.16. The monoisotopic (exact) mass is 842 g/mol. The average Bonchev–Trinajstić information content (AvgIpc) is 3.72. The Morgan fingerprint density at radius 2 is 1.18 bits per heavy atom. The molecular weight excluding hydrogens is 803 g/mol. The molecule has 0 fully saturated rings. The Morgan fingerprint density at radius 1 is 0.649 bits per heavy atom. The zero-order chi connectivity index (χ0) is 38.8. The Morgan fingerprint density at radius 3 is 1.72 bits per heavy atom. The van der Waals surface area contributed by atoms with E-state index in [1.54, 1.807) is 23.5 Å². The fourth-order valence-corrected chi connectivity index (χ4v) is 9.39. The molecule has 10 nitrogen and oxygen atoms in total. The maximum absolute atomic E-state index is 11.1. The van der Waals surface area contributed by atoms with Crippen molar-refractivity contribution in [3.05, 3.63) is 120 Å². The van der Waals surface area contributed by atoms with Crippen molar-refractivity contribution in [3.8, 4) is 33.2 Å². The van der Waals surface area contributed by atoms with Crippen LogP contribution in [-0.2, 0) is 25.7 Å². The first-order valence-corrected chi connectivity index (χ1v) is 22.1. The summed E-state index contributed by atoms with van der Waals surface area (Å²) in [6.07, 6.45) is 1.88. The van der Waals surface area contributed by atoms with E-state index in [1.165, 1.54) is 22.3 Å². The van der Waals surface area contributed by atoms with E-state index in [-0.39, 0.29) is 90.6 Å². The quantitative estimate of drug-likeness (QED) is 0.0809. The Hall–Kier alpha value is -2.79. The summed E-state index contributed by atoms with van der Waals surface area (Å²) in [6, 6.07) is 36.3. The molecule has 1 aromatic heterocycles. The first-order chi connectivity index (χ1) is 26.4. The molecule has 57 heavy (non-hydrogen) atoms. The van der Waals surface area contributed by atoms with Gasteiger partial charge in [-0.25, -0.2) is 21.8 Å². The fourth-order valence-electron chi connectivity index (χ4n) is 7.49. The van der Waals surface area contributed by atoms with E-state index in [0.717, 1.165) is 50.7 Å². The van der Waals surface area contributed by atoms with E-state index in [2.05, 4.69) is 61.2 Å². The third-order valence-corrected chi connectivity index (χ3v) is 12.8. The largest absolute Gasteiger partial charge is 1.00 e. The van der Waals surface area contributed by atoms with Crippen LogP contribution in [0.25, 0.3) is 31.9 Å². The van der Waals surface area contributed by atoms with Gasteiger partial charge in [-0.1, -0.05) is 56.3 Å². The van der Waals surface area contributed by atoms with Crippen LogP contribution in [0.5, 0.6) is 11.5 Å². The number of aromatic nitrogens is 1. The smallest absolute Gasteiger partial charge is 0.748 e. The summed E-state index contributed by atoms with van der Waals surface area (Å²) in [5, 5.41) is 0.987.